The molecule has 0 spiro atoms. The van der Waals surface area contributed by atoms with Crippen molar-refractivity contribution in [3.63, 3.8) is 0 Å². The number of hydrogen-bond donors (Lipinski definition) is 3. The number of benzene rings is 1. The molecule has 0 heterocycles. The van der Waals surface area contributed by atoms with Gasteiger partial charge < -0.3 is 25.0 Å². The van der Waals surface area contributed by atoms with Crippen LogP contribution in [-0.4, -0.2) is 48.8 Å². The van der Waals surface area contributed by atoms with E-state index in [0.29, 0.717) is 0 Å². The minimum absolute atomic E-state index is 0.0809. The van der Waals surface area contributed by atoms with E-state index in [1.54, 1.807) is 0 Å². The number of amides is 1. The molecule has 1 rings (SSSR count). The molecule has 1 unspecified atom stereocenters. The number of carbonyl (C=O) groups excluding carboxylic acids is 1. The van der Waals surface area contributed by atoms with Crippen LogP contribution in [0, 0.1) is 0 Å². The fourth-order valence-corrected chi connectivity index (χ4v) is 1.43. The topological polar surface area (TPSA) is 88.0 Å². The molecule has 6 nitrogen and oxygen atoms in total. The van der Waals surface area contributed by atoms with Gasteiger partial charge in [0.1, 0.15) is 12.2 Å². The molecule has 0 aromatic heterocycles. The van der Waals surface area contributed by atoms with Crippen molar-refractivity contribution in [3.05, 3.63) is 35.9 Å². The van der Waals surface area contributed by atoms with E-state index >= 15 is 0 Å². The predicted molar refractivity (Wildman–Crippen MR) is 68.5 cm³/mol. The Kier molecular flexibility index (Phi) is 6.27. The minimum atomic E-state index is -1.50. The molecule has 0 fully saturated rings. The molecule has 0 saturated heterocycles. The van der Waals surface area contributed by atoms with Gasteiger partial charge in [0.25, 0.3) is 0 Å². The highest BCUT2D eigenvalue weighted by Crippen LogP contribution is 2.03. The van der Waals surface area contributed by atoms with Crippen LogP contribution in [0.15, 0.2) is 30.3 Å². The molecule has 1 aromatic rings. The van der Waals surface area contributed by atoms with Gasteiger partial charge in [0.05, 0.1) is 19.8 Å². The summed E-state index contributed by atoms with van der Waals surface area (Å²) in [6, 6.07) is 9.24. The molecule has 0 bridgehead atoms. The summed E-state index contributed by atoms with van der Waals surface area (Å²) in [4.78, 5) is 11.4. The van der Waals surface area contributed by atoms with Crippen LogP contribution < -0.4 is 5.32 Å². The van der Waals surface area contributed by atoms with Crippen molar-refractivity contribution in [1.82, 2.24) is 5.32 Å². The zero-order valence-electron chi connectivity index (χ0n) is 10.8. The first kappa shape index (κ1) is 15.4. The number of hydrogen-bond acceptors (Lipinski definition) is 5. The van der Waals surface area contributed by atoms with Crippen molar-refractivity contribution in [2.45, 2.75) is 12.2 Å². The van der Waals surface area contributed by atoms with Gasteiger partial charge in [0.15, 0.2) is 0 Å². The van der Waals surface area contributed by atoms with Crippen LogP contribution in [0.4, 0.5) is 4.79 Å². The summed E-state index contributed by atoms with van der Waals surface area (Å²) in [5.41, 5.74) is -0.632. The molecule has 1 aromatic carbocycles. The SMILES string of the molecule is COCC(O)(CO)CNC(=O)OCc1ccccc1. The smallest absolute Gasteiger partial charge is 0.407 e. The fourth-order valence-electron chi connectivity index (χ4n) is 1.43. The minimum Gasteiger partial charge on any atom is -0.445 e. The van der Waals surface area contributed by atoms with Crippen LogP contribution in [0.1, 0.15) is 5.56 Å². The number of carbonyl (C=O) groups is 1. The molecule has 0 saturated carbocycles. The molecule has 6 heteroatoms. The van der Waals surface area contributed by atoms with Gasteiger partial charge in [-0.2, -0.15) is 0 Å². The Hall–Kier alpha value is -1.63. The summed E-state index contributed by atoms with van der Waals surface area (Å²) in [6.07, 6.45) is -0.660. The van der Waals surface area contributed by atoms with Crippen LogP contribution >= 0.6 is 0 Å². The first-order valence-corrected chi connectivity index (χ1v) is 5.86. The Labute approximate surface area is 112 Å². The van der Waals surface area contributed by atoms with Crippen molar-refractivity contribution in [2.24, 2.45) is 0 Å². The summed E-state index contributed by atoms with van der Waals surface area (Å²) in [5, 5.41) is 21.2. The third-order valence-corrected chi connectivity index (χ3v) is 2.48. The van der Waals surface area contributed by atoms with Gasteiger partial charge in [-0.05, 0) is 5.56 Å². The van der Waals surface area contributed by atoms with Crippen molar-refractivity contribution >= 4 is 6.09 Å². The molecule has 1 amide bonds. The van der Waals surface area contributed by atoms with E-state index in [-0.39, 0.29) is 19.8 Å². The Bertz CT molecular complexity index is 384. The average molecular weight is 269 g/mol. The van der Waals surface area contributed by atoms with E-state index in [4.69, 9.17) is 14.6 Å². The molecule has 106 valence electrons. The fraction of sp³-hybridized carbons (Fsp3) is 0.462. The highest BCUT2D eigenvalue weighted by molar-refractivity contribution is 5.67. The van der Waals surface area contributed by atoms with Gasteiger partial charge in [-0.3, -0.25) is 0 Å². The lowest BCUT2D eigenvalue weighted by molar-refractivity contribution is -0.0642. The lowest BCUT2D eigenvalue weighted by Gasteiger charge is -2.24. The maximum Gasteiger partial charge on any atom is 0.407 e. The lowest BCUT2D eigenvalue weighted by Crippen LogP contribution is -2.49. The van der Waals surface area contributed by atoms with Crippen molar-refractivity contribution in [1.29, 1.82) is 0 Å². The maximum absolute atomic E-state index is 11.4. The molecular weight excluding hydrogens is 250 g/mol. The zero-order valence-corrected chi connectivity index (χ0v) is 10.8. The van der Waals surface area contributed by atoms with Gasteiger partial charge in [-0.1, -0.05) is 30.3 Å². The molecule has 0 radical (unpaired) electrons. The molecule has 19 heavy (non-hydrogen) atoms. The van der Waals surface area contributed by atoms with Crippen LogP contribution in [0.25, 0.3) is 0 Å². The van der Waals surface area contributed by atoms with E-state index in [1.807, 2.05) is 30.3 Å². The first-order chi connectivity index (χ1) is 9.09. The standard InChI is InChI=1S/C13H19NO5/c1-18-10-13(17,9-15)8-14-12(16)19-7-11-5-3-2-4-6-11/h2-6,15,17H,7-10H2,1H3,(H,14,16). The van der Waals surface area contributed by atoms with Gasteiger partial charge >= 0.3 is 6.09 Å². The Balaban J connectivity index is 2.31. The quantitative estimate of drug-likeness (QED) is 0.662. The number of methoxy groups -OCH3 is 1. The summed E-state index contributed by atoms with van der Waals surface area (Å²) in [6.45, 7) is -0.595. The van der Waals surface area contributed by atoms with Crippen LogP contribution in [0.2, 0.25) is 0 Å². The third-order valence-electron chi connectivity index (χ3n) is 2.48. The first-order valence-electron chi connectivity index (χ1n) is 5.86. The van der Waals surface area contributed by atoms with Gasteiger partial charge in [0.2, 0.25) is 0 Å². The van der Waals surface area contributed by atoms with E-state index in [0.717, 1.165) is 5.56 Å². The Morgan fingerprint density at radius 2 is 2.05 bits per heavy atom. The Morgan fingerprint density at radius 1 is 1.37 bits per heavy atom. The molecular formula is C13H19NO5. The summed E-state index contributed by atoms with van der Waals surface area (Å²) in [5.74, 6) is 0. The van der Waals surface area contributed by atoms with Crippen molar-refractivity contribution < 1.29 is 24.5 Å². The van der Waals surface area contributed by atoms with Crippen molar-refractivity contribution in [2.75, 3.05) is 26.9 Å². The highest BCUT2D eigenvalue weighted by Gasteiger charge is 2.26. The second-order valence-electron chi connectivity index (χ2n) is 4.23. The van der Waals surface area contributed by atoms with E-state index in [2.05, 4.69) is 5.32 Å². The number of aliphatic hydroxyl groups is 2. The van der Waals surface area contributed by atoms with Crippen LogP contribution in [-0.2, 0) is 16.1 Å². The summed E-state index contributed by atoms with van der Waals surface area (Å²) >= 11 is 0. The number of nitrogens with one attached hydrogen (secondary N) is 1. The van der Waals surface area contributed by atoms with Gasteiger partial charge in [-0.15, -0.1) is 0 Å². The number of aliphatic hydroxyl groups excluding tert-OH is 1. The summed E-state index contributed by atoms with van der Waals surface area (Å²) < 4.78 is 9.72. The second-order valence-corrected chi connectivity index (χ2v) is 4.23. The van der Waals surface area contributed by atoms with Gasteiger partial charge in [-0.25, -0.2) is 4.79 Å². The number of rotatable bonds is 7. The normalized spacial score (nSPS) is 13.6. The van der Waals surface area contributed by atoms with Crippen LogP contribution in [0.3, 0.4) is 0 Å². The molecule has 0 aliphatic carbocycles. The van der Waals surface area contributed by atoms with Crippen LogP contribution in [0.5, 0.6) is 0 Å². The molecule has 0 aliphatic heterocycles. The van der Waals surface area contributed by atoms with E-state index in [1.165, 1.54) is 7.11 Å². The molecule has 3 N–H and O–H groups in total. The van der Waals surface area contributed by atoms with E-state index in [9.17, 15) is 9.90 Å². The number of ether oxygens (including phenoxy) is 2. The number of alkyl carbamates (subject to hydrolysis) is 1. The monoisotopic (exact) mass is 269 g/mol. The highest BCUT2D eigenvalue weighted by atomic mass is 16.5. The van der Waals surface area contributed by atoms with Gasteiger partial charge in [0, 0.05) is 7.11 Å². The lowest BCUT2D eigenvalue weighted by atomic mass is 10.1. The third kappa shape index (κ3) is 5.69. The average Bonchev–Trinajstić information content (AvgIpc) is 2.44. The molecule has 1 atom stereocenters. The zero-order chi connectivity index (χ0) is 14.1. The predicted octanol–water partition coefficient (Wildman–Crippen LogP) is 0.283. The second kappa shape index (κ2) is 7.73. The maximum atomic E-state index is 11.4. The van der Waals surface area contributed by atoms with E-state index < -0.39 is 18.3 Å². The largest absolute Gasteiger partial charge is 0.445 e. The van der Waals surface area contributed by atoms with Crippen molar-refractivity contribution in [3.8, 4) is 0 Å². The molecule has 0 aliphatic rings. The Morgan fingerprint density at radius 3 is 2.63 bits per heavy atom. The summed E-state index contributed by atoms with van der Waals surface area (Å²) in [7, 11) is 1.40.